The third-order valence-electron chi connectivity index (χ3n) is 2.43. The smallest absolute Gasteiger partial charge is 0.382 e. The second-order valence-electron chi connectivity index (χ2n) is 4.25. The van der Waals surface area contributed by atoms with Crippen molar-refractivity contribution in [2.75, 3.05) is 30.8 Å². The maximum absolute atomic E-state index is 12.0. The van der Waals surface area contributed by atoms with Crippen LogP contribution >= 0.6 is 11.3 Å². The van der Waals surface area contributed by atoms with Gasteiger partial charge < -0.3 is 16.0 Å². The fourth-order valence-corrected chi connectivity index (χ4v) is 2.36. The number of nitrogens with two attached hydrogens (primary N) is 1. The van der Waals surface area contributed by atoms with Crippen LogP contribution < -0.4 is 16.0 Å². The van der Waals surface area contributed by atoms with Crippen molar-refractivity contribution in [3.63, 3.8) is 0 Å². The Morgan fingerprint density at radius 1 is 1.50 bits per heavy atom. The lowest BCUT2D eigenvalue weighted by atomic mass is 10.4. The van der Waals surface area contributed by atoms with Crippen molar-refractivity contribution >= 4 is 28.2 Å². The van der Waals surface area contributed by atoms with Gasteiger partial charge in [0.25, 0.3) is 5.91 Å². The highest BCUT2D eigenvalue weighted by Crippen LogP contribution is 2.27. The molecule has 0 bridgehead atoms. The highest BCUT2D eigenvalue weighted by Gasteiger charge is 2.27. The van der Waals surface area contributed by atoms with Crippen molar-refractivity contribution in [2.24, 2.45) is 0 Å². The van der Waals surface area contributed by atoms with E-state index in [9.17, 15) is 18.0 Å². The fraction of sp³-hybridized carbons (Fsp3) is 0.636. The van der Waals surface area contributed by atoms with E-state index in [1.165, 1.54) is 0 Å². The minimum Gasteiger partial charge on any atom is -0.382 e. The lowest BCUT2D eigenvalue weighted by Gasteiger charge is -2.13. The summed E-state index contributed by atoms with van der Waals surface area (Å²) in [6.07, 6.45) is -4.46. The number of aromatic nitrogens is 1. The summed E-state index contributed by atoms with van der Waals surface area (Å²) < 4.78 is 36.0. The summed E-state index contributed by atoms with van der Waals surface area (Å²) in [5.41, 5.74) is 5.62. The molecule has 1 rings (SSSR count). The van der Waals surface area contributed by atoms with E-state index in [0.717, 1.165) is 24.3 Å². The fourth-order valence-electron chi connectivity index (χ4n) is 1.48. The van der Waals surface area contributed by atoms with E-state index in [1.54, 1.807) is 0 Å². The van der Waals surface area contributed by atoms with Crippen LogP contribution in [0.1, 0.15) is 29.4 Å². The van der Waals surface area contributed by atoms with Crippen molar-refractivity contribution in [3.8, 4) is 0 Å². The minimum absolute atomic E-state index is 0.0393. The first-order valence-corrected chi connectivity index (χ1v) is 6.88. The van der Waals surface area contributed by atoms with Crippen LogP contribution in [0.5, 0.6) is 0 Å². The third-order valence-corrected chi connectivity index (χ3v) is 3.61. The summed E-state index contributed by atoms with van der Waals surface area (Å²) in [5, 5.41) is 2.77. The second-order valence-corrected chi connectivity index (χ2v) is 5.23. The van der Waals surface area contributed by atoms with E-state index in [0.29, 0.717) is 5.13 Å². The number of rotatable bonds is 6. The van der Waals surface area contributed by atoms with Gasteiger partial charge in [-0.15, -0.1) is 0 Å². The normalized spacial score (nSPS) is 11.4. The molecule has 0 radical (unpaired) electrons. The molecule has 0 aliphatic heterocycles. The molecule has 0 aliphatic carbocycles. The topological polar surface area (TPSA) is 71.2 Å². The van der Waals surface area contributed by atoms with Crippen LogP contribution in [0.4, 0.5) is 24.1 Å². The SMILES string of the molecule is CCCN(C)c1nc(N)c(C(=O)NCCC(F)(F)F)s1. The number of anilines is 2. The van der Waals surface area contributed by atoms with Crippen molar-refractivity contribution in [2.45, 2.75) is 25.9 Å². The van der Waals surface area contributed by atoms with Gasteiger partial charge in [0.1, 0.15) is 10.7 Å². The Labute approximate surface area is 119 Å². The summed E-state index contributed by atoms with van der Waals surface area (Å²) in [6.45, 7) is 2.28. The lowest BCUT2D eigenvalue weighted by Crippen LogP contribution is -2.27. The molecule has 0 saturated heterocycles. The van der Waals surface area contributed by atoms with Crippen molar-refractivity contribution in [1.29, 1.82) is 0 Å². The average Bonchev–Trinajstić information content (AvgIpc) is 2.70. The number of thiazole rings is 1. The van der Waals surface area contributed by atoms with Gasteiger partial charge in [0.2, 0.25) is 0 Å². The molecular weight excluding hydrogens is 293 g/mol. The molecule has 3 N–H and O–H groups in total. The van der Waals surface area contributed by atoms with Crippen LogP contribution in [0.15, 0.2) is 0 Å². The Bertz CT molecular complexity index is 461. The van der Waals surface area contributed by atoms with E-state index in [-0.39, 0.29) is 10.7 Å². The number of carbonyl (C=O) groups excluding carboxylic acids is 1. The number of hydrogen-bond donors (Lipinski definition) is 2. The van der Waals surface area contributed by atoms with Crippen LogP contribution in [-0.4, -0.2) is 37.2 Å². The molecule has 9 heteroatoms. The average molecular weight is 310 g/mol. The highest BCUT2D eigenvalue weighted by molar-refractivity contribution is 7.18. The predicted octanol–water partition coefficient (Wildman–Crippen LogP) is 2.25. The molecule has 0 saturated carbocycles. The molecule has 0 atom stereocenters. The molecule has 0 aliphatic rings. The zero-order chi connectivity index (χ0) is 15.3. The Hall–Kier alpha value is -1.51. The molecule has 114 valence electrons. The van der Waals surface area contributed by atoms with Gasteiger partial charge in [0.15, 0.2) is 5.13 Å². The maximum atomic E-state index is 12.0. The van der Waals surface area contributed by atoms with Crippen LogP contribution in [0.3, 0.4) is 0 Å². The summed E-state index contributed by atoms with van der Waals surface area (Å²) in [5.74, 6) is -0.585. The third kappa shape index (κ3) is 4.87. The monoisotopic (exact) mass is 310 g/mol. The van der Waals surface area contributed by atoms with Gasteiger partial charge in [0.05, 0.1) is 6.42 Å². The predicted molar refractivity (Wildman–Crippen MR) is 73.1 cm³/mol. The van der Waals surface area contributed by atoms with E-state index in [2.05, 4.69) is 10.3 Å². The molecule has 1 heterocycles. The van der Waals surface area contributed by atoms with Crippen molar-refractivity contribution in [1.82, 2.24) is 10.3 Å². The number of nitrogens with one attached hydrogen (secondary N) is 1. The standard InChI is InChI=1S/C11H17F3N4OS/c1-3-6-18(2)10-17-8(15)7(20-10)9(19)16-5-4-11(12,13)14/h3-6,15H2,1-2H3,(H,16,19). The van der Waals surface area contributed by atoms with E-state index in [1.807, 2.05) is 18.9 Å². The summed E-state index contributed by atoms with van der Waals surface area (Å²) in [4.78, 5) is 17.8. The van der Waals surface area contributed by atoms with Crippen LogP contribution in [-0.2, 0) is 0 Å². The van der Waals surface area contributed by atoms with Gasteiger partial charge in [-0.2, -0.15) is 13.2 Å². The van der Waals surface area contributed by atoms with Crippen molar-refractivity contribution in [3.05, 3.63) is 4.88 Å². The molecule has 0 spiro atoms. The highest BCUT2D eigenvalue weighted by atomic mass is 32.1. The van der Waals surface area contributed by atoms with Crippen LogP contribution in [0.2, 0.25) is 0 Å². The minimum atomic E-state index is -4.29. The molecule has 20 heavy (non-hydrogen) atoms. The molecule has 1 aromatic rings. The zero-order valence-corrected chi connectivity index (χ0v) is 12.1. The first-order chi connectivity index (χ1) is 9.24. The van der Waals surface area contributed by atoms with E-state index >= 15 is 0 Å². The van der Waals surface area contributed by atoms with Gasteiger partial charge in [-0.05, 0) is 6.42 Å². The van der Waals surface area contributed by atoms with Gasteiger partial charge >= 0.3 is 6.18 Å². The van der Waals surface area contributed by atoms with Gasteiger partial charge in [-0.3, -0.25) is 4.79 Å². The molecule has 0 aromatic carbocycles. The molecule has 0 fully saturated rings. The molecule has 0 unspecified atom stereocenters. The molecule has 5 nitrogen and oxygen atoms in total. The number of halogens is 3. The second kappa shape index (κ2) is 6.78. The Morgan fingerprint density at radius 2 is 2.15 bits per heavy atom. The van der Waals surface area contributed by atoms with Crippen LogP contribution in [0, 0.1) is 0 Å². The molecule has 1 amide bonds. The molecule has 1 aromatic heterocycles. The number of nitrogen functional groups attached to an aromatic ring is 1. The van der Waals surface area contributed by atoms with E-state index < -0.39 is 25.0 Å². The van der Waals surface area contributed by atoms with Crippen LogP contribution in [0.25, 0.3) is 0 Å². The van der Waals surface area contributed by atoms with Gasteiger partial charge in [-0.25, -0.2) is 4.98 Å². The summed E-state index contributed by atoms with van der Waals surface area (Å²) in [7, 11) is 1.81. The number of amides is 1. The molecular formula is C11H17F3N4OS. The Morgan fingerprint density at radius 3 is 2.70 bits per heavy atom. The summed E-state index contributed by atoms with van der Waals surface area (Å²) >= 11 is 1.07. The van der Waals surface area contributed by atoms with Gasteiger partial charge in [0, 0.05) is 20.1 Å². The number of carbonyl (C=O) groups is 1. The zero-order valence-electron chi connectivity index (χ0n) is 11.3. The van der Waals surface area contributed by atoms with Gasteiger partial charge in [-0.1, -0.05) is 18.3 Å². The maximum Gasteiger partial charge on any atom is 0.390 e. The quantitative estimate of drug-likeness (QED) is 0.845. The first kappa shape index (κ1) is 16.5. The lowest BCUT2D eigenvalue weighted by molar-refractivity contribution is -0.132. The van der Waals surface area contributed by atoms with Crippen molar-refractivity contribution < 1.29 is 18.0 Å². The number of alkyl halides is 3. The summed E-state index contributed by atoms with van der Waals surface area (Å²) in [6, 6.07) is 0. The first-order valence-electron chi connectivity index (χ1n) is 6.07. The Kier molecular flexibility index (Phi) is 5.61. The largest absolute Gasteiger partial charge is 0.390 e. The van der Waals surface area contributed by atoms with E-state index in [4.69, 9.17) is 5.73 Å². The number of nitrogens with zero attached hydrogens (tertiary/aromatic N) is 2. The number of hydrogen-bond acceptors (Lipinski definition) is 5. The Balaban J connectivity index is 2.64.